The minimum Gasteiger partial charge on any atom is -0.481 e. The highest BCUT2D eigenvalue weighted by atomic mass is 16.8. The highest BCUT2D eigenvalue weighted by Crippen LogP contribution is 2.75. The highest BCUT2D eigenvalue weighted by Gasteiger charge is 2.72. The van der Waals surface area contributed by atoms with Gasteiger partial charge in [-0.1, -0.05) is 47.1 Å². The van der Waals surface area contributed by atoms with E-state index in [0.29, 0.717) is 31.5 Å². The van der Waals surface area contributed by atoms with E-state index in [2.05, 4.69) is 27.7 Å². The van der Waals surface area contributed by atoms with Gasteiger partial charge in [0.15, 0.2) is 24.8 Å². The van der Waals surface area contributed by atoms with Crippen LogP contribution in [0.1, 0.15) is 106 Å². The highest BCUT2D eigenvalue weighted by molar-refractivity contribution is 5.96. The number of ketones is 1. The summed E-state index contributed by atoms with van der Waals surface area (Å²) < 4.78 is 23.4. The van der Waals surface area contributed by atoms with Crippen molar-refractivity contribution >= 4 is 23.7 Å². The molecule has 2 heterocycles. The molecule has 0 aromatic carbocycles. The number of aliphatic hydroxyl groups excluding tert-OH is 5. The Morgan fingerprint density at radius 1 is 0.707 bits per heavy atom. The van der Waals surface area contributed by atoms with Crippen LogP contribution in [0.3, 0.4) is 0 Å². The average molecular weight is 824 g/mol. The topological polar surface area (TPSA) is 271 Å². The lowest BCUT2D eigenvalue weighted by Crippen LogP contribution is -2.68. The number of carboxylic acid groups (broad SMARTS) is 3. The number of aliphatic carboxylic acids is 3. The van der Waals surface area contributed by atoms with Crippen molar-refractivity contribution < 1.29 is 79.0 Å². The summed E-state index contributed by atoms with van der Waals surface area (Å²) in [6.07, 6.45) is -11.8. The molecule has 2 aliphatic heterocycles. The maximum atomic E-state index is 12.5. The monoisotopic (exact) mass is 823 g/mol. The van der Waals surface area contributed by atoms with Gasteiger partial charge in [0.1, 0.15) is 36.6 Å². The first-order valence-electron chi connectivity index (χ1n) is 20.8. The second-order valence-electron chi connectivity index (χ2n) is 20.6. The lowest BCUT2D eigenvalue weighted by atomic mass is 9.33. The van der Waals surface area contributed by atoms with Gasteiger partial charge in [0.05, 0.1) is 17.4 Å². The van der Waals surface area contributed by atoms with Crippen molar-refractivity contribution in [1.82, 2.24) is 0 Å². The van der Waals surface area contributed by atoms with Crippen LogP contribution in [0.5, 0.6) is 0 Å². The van der Waals surface area contributed by atoms with Crippen molar-refractivity contribution in [3.63, 3.8) is 0 Å². The van der Waals surface area contributed by atoms with E-state index in [4.69, 9.17) is 18.9 Å². The van der Waals surface area contributed by atoms with Gasteiger partial charge in [-0.05, 0) is 104 Å². The van der Waals surface area contributed by atoms with Crippen molar-refractivity contribution in [2.24, 2.45) is 50.2 Å². The number of carbonyl (C=O) groups excluding carboxylic acids is 1. The van der Waals surface area contributed by atoms with Crippen molar-refractivity contribution in [2.75, 3.05) is 0 Å². The van der Waals surface area contributed by atoms with Crippen LogP contribution < -0.4 is 0 Å². The van der Waals surface area contributed by atoms with E-state index in [1.165, 1.54) is 5.57 Å². The lowest BCUT2D eigenvalue weighted by Gasteiger charge is -2.69. The largest absolute Gasteiger partial charge is 0.481 e. The molecule has 0 aromatic rings. The zero-order valence-corrected chi connectivity index (χ0v) is 34.4. The smallest absolute Gasteiger partial charge is 0.335 e. The molecule has 7 rings (SSSR count). The van der Waals surface area contributed by atoms with Gasteiger partial charge in [-0.25, -0.2) is 9.59 Å². The van der Waals surface area contributed by atoms with Crippen LogP contribution in [0.15, 0.2) is 11.6 Å². The first-order chi connectivity index (χ1) is 26.8. The van der Waals surface area contributed by atoms with Crippen LogP contribution >= 0.6 is 0 Å². The van der Waals surface area contributed by atoms with E-state index in [-0.39, 0.29) is 34.0 Å². The van der Waals surface area contributed by atoms with Crippen molar-refractivity contribution in [3.8, 4) is 0 Å². The Morgan fingerprint density at radius 2 is 1.29 bits per heavy atom. The summed E-state index contributed by atoms with van der Waals surface area (Å²) in [6.45, 7) is 15.0. The average Bonchev–Trinajstić information content (AvgIpc) is 3.13. The Balaban J connectivity index is 1.17. The first-order valence-corrected chi connectivity index (χ1v) is 20.8. The Bertz CT molecular complexity index is 1730. The normalized spacial score (nSPS) is 52.6. The third-order valence-electron chi connectivity index (χ3n) is 17.2. The minimum absolute atomic E-state index is 0.0183. The molecule has 6 fully saturated rings. The van der Waals surface area contributed by atoms with E-state index < -0.39 is 102 Å². The van der Waals surface area contributed by atoms with Gasteiger partial charge in [0.2, 0.25) is 0 Å². The Hall–Kier alpha value is -2.54. The van der Waals surface area contributed by atoms with E-state index in [1.807, 2.05) is 26.8 Å². The lowest BCUT2D eigenvalue weighted by molar-refractivity contribution is -0.371. The molecule has 58 heavy (non-hydrogen) atoms. The van der Waals surface area contributed by atoms with E-state index >= 15 is 0 Å². The van der Waals surface area contributed by atoms with E-state index in [9.17, 15) is 60.0 Å². The number of fused-ring (bicyclic) bond motifs is 7. The third kappa shape index (κ3) is 6.25. The molecular weight excluding hydrogens is 760 g/mol. The molecule has 326 valence electrons. The van der Waals surface area contributed by atoms with Crippen LogP contribution in [-0.2, 0) is 33.3 Å². The summed E-state index contributed by atoms with van der Waals surface area (Å²) in [5, 5.41) is 83.0. The number of carbonyl (C=O) groups is 3. The Labute approximate surface area is 337 Å². The van der Waals surface area contributed by atoms with Crippen LogP contribution in [-0.4, -0.2) is 137 Å². The SMILES string of the molecule is CC1(C)C2CC[C@]3(C)[C@H](C(=[OH+])C=C4[C@@H]5C[C@@](C)(C(=O)O)CC[C@]5(C)CC[C@]43C)[C@@]2(C)CC[C@@H]1O[C@H]1O[C@H](C(=O)O)[C@@H](O)[C@H](O)[C@H]1O[C@@H]1O[C@H](C(=O)O)[C@@H](O)[C@H](O)[C@H]1O. The maximum absolute atomic E-state index is 12.5. The number of aliphatic hydroxyl groups is 5. The molecule has 0 spiro atoms. The summed E-state index contributed by atoms with van der Waals surface area (Å²) in [6, 6.07) is 0. The van der Waals surface area contributed by atoms with Crippen molar-refractivity contribution in [2.45, 2.75) is 174 Å². The van der Waals surface area contributed by atoms with Crippen molar-refractivity contribution in [1.29, 1.82) is 0 Å². The summed E-state index contributed by atoms with van der Waals surface area (Å²) in [5.74, 6) is -4.00. The number of rotatable bonds is 7. The molecule has 9 N–H and O–H groups in total. The molecule has 0 radical (unpaired) electrons. The molecule has 0 aromatic heterocycles. The summed E-state index contributed by atoms with van der Waals surface area (Å²) in [4.78, 5) is 48.8. The maximum Gasteiger partial charge on any atom is 0.335 e. The van der Waals surface area contributed by atoms with E-state index in [0.717, 1.165) is 32.1 Å². The molecule has 1 unspecified atom stereocenters. The van der Waals surface area contributed by atoms with Crippen LogP contribution in [0, 0.1) is 50.2 Å². The quantitative estimate of drug-likeness (QED) is 0.135. The van der Waals surface area contributed by atoms with E-state index in [1.54, 1.807) is 0 Å². The van der Waals surface area contributed by atoms with Gasteiger partial charge in [-0.2, -0.15) is 0 Å². The number of allylic oxidation sites excluding steroid dienone is 2. The number of carboxylic acids is 3. The molecule has 5 aliphatic carbocycles. The number of hydrogen-bond acceptors (Lipinski definition) is 12. The fourth-order valence-electron chi connectivity index (χ4n) is 13.4. The van der Waals surface area contributed by atoms with Crippen LogP contribution in [0.25, 0.3) is 0 Å². The molecule has 2 saturated heterocycles. The molecule has 7 aliphatic rings. The molecule has 19 atom stereocenters. The van der Waals surface area contributed by atoms with Gasteiger partial charge in [0, 0.05) is 6.08 Å². The van der Waals surface area contributed by atoms with Crippen LogP contribution in [0.2, 0.25) is 0 Å². The second-order valence-corrected chi connectivity index (χ2v) is 20.6. The fourth-order valence-corrected chi connectivity index (χ4v) is 13.4. The fraction of sp³-hybridized carbons (Fsp3) is 0.857. The molecule has 16 nitrogen and oxygen atoms in total. The predicted molar refractivity (Wildman–Crippen MR) is 201 cm³/mol. The van der Waals surface area contributed by atoms with Gasteiger partial charge in [-0.15, -0.1) is 0 Å². The third-order valence-corrected chi connectivity index (χ3v) is 17.2. The predicted octanol–water partition coefficient (Wildman–Crippen LogP) is 2.22. The number of ether oxygens (including phenoxy) is 4. The van der Waals surface area contributed by atoms with Gasteiger partial charge < -0.3 is 59.8 Å². The zero-order chi connectivity index (χ0) is 42.9. The molecule has 16 heteroatoms. The van der Waals surface area contributed by atoms with Crippen LogP contribution in [0.4, 0.5) is 0 Å². The molecule has 0 amide bonds. The Kier molecular flexibility index (Phi) is 10.7. The zero-order valence-electron chi connectivity index (χ0n) is 34.4. The molecule has 0 bridgehead atoms. The van der Waals surface area contributed by atoms with Gasteiger partial charge in [0.25, 0.3) is 0 Å². The Morgan fingerprint density at radius 3 is 1.90 bits per heavy atom. The standard InChI is InChI=1S/C42H62O16/c1-37(2)21-8-11-42(7)31(20(43)16-18-19-17-39(4,36(53)54)13-12-38(19,3)14-15-41(18,42)6)40(21,5)10-9-22(37)55-35-30(26(47)25(46)29(57-35)33(51)52)58-34-27(48)23(44)24(45)28(56-34)32(49)50/h16,19,21-31,34-35,44-48H,8-15,17H2,1-7H3,(H,49,50)(H,51,52)(H,53,54)/p+1/t19-,21?,22-,23-,24-,25-,26-,27+,28-,29-,30+,31+,34-,35-,38+,39-,40-,41+,42+/m0/s1. The van der Waals surface area contributed by atoms with Gasteiger partial charge in [-0.3, -0.25) is 9.59 Å². The number of hydrogen-bond donors (Lipinski definition) is 8. The second kappa shape index (κ2) is 14.3. The molecule has 4 saturated carbocycles. The van der Waals surface area contributed by atoms with Crippen molar-refractivity contribution in [3.05, 3.63) is 11.6 Å². The summed E-state index contributed by atoms with van der Waals surface area (Å²) >= 11 is 0. The molecular formula is C42H63O16+. The summed E-state index contributed by atoms with van der Waals surface area (Å²) in [7, 11) is 0. The summed E-state index contributed by atoms with van der Waals surface area (Å²) in [5.41, 5.74) is -1.51. The first kappa shape index (κ1) is 43.5. The van der Waals surface area contributed by atoms with Gasteiger partial charge >= 0.3 is 23.7 Å². The minimum atomic E-state index is -2.04.